The van der Waals surface area contributed by atoms with E-state index >= 15 is 0 Å². The van der Waals surface area contributed by atoms with E-state index in [0.29, 0.717) is 11.9 Å². The summed E-state index contributed by atoms with van der Waals surface area (Å²) in [5.41, 5.74) is 5.75. The van der Waals surface area contributed by atoms with Gasteiger partial charge in [-0.25, -0.2) is 0 Å². The number of oxime groups is 1. The van der Waals surface area contributed by atoms with Crippen LogP contribution in [0.2, 0.25) is 0 Å². The van der Waals surface area contributed by atoms with Crippen molar-refractivity contribution in [2.24, 2.45) is 10.9 Å². The maximum Gasteiger partial charge on any atom is 0.156 e. The number of hydrogen-bond donors (Lipinski definition) is 2. The van der Waals surface area contributed by atoms with Crippen LogP contribution >= 0.6 is 0 Å². The van der Waals surface area contributed by atoms with Crippen LogP contribution in [0, 0.1) is 0 Å². The Morgan fingerprint density at radius 1 is 1.31 bits per heavy atom. The Bertz CT molecular complexity index is 206. The lowest BCUT2D eigenvalue weighted by molar-refractivity contribution is 0.166. The predicted octanol–water partition coefficient (Wildman–Crippen LogP) is 2.41. The second-order valence-electron chi connectivity index (χ2n) is 4.30. The zero-order chi connectivity index (χ0) is 12.6. The first-order chi connectivity index (χ1) is 7.62. The second kappa shape index (κ2) is 8.39. The van der Waals surface area contributed by atoms with Crippen molar-refractivity contribution in [3.63, 3.8) is 0 Å². The topological polar surface area (TPSA) is 61.8 Å². The zero-order valence-corrected chi connectivity index (χ0v) is 11.1. The third-order valence-electron chi connectivity index (χ3n) is 3.17. The van der Waals surface area contributed by atoms with Gasteiger partial charge in [0.15, 0.2) is 5.84 Å². The summed E-state index contributed by atoms with van der Waals surface area (Å²) >= 11 is 0. The molecule has 2 unspecified atom stereocenters. The average Bonchev–Trinajstić information content (AvgIpc) is 2.32. The predicted molar refractivity (Wildman–Crippen MR) is 68.9 cm³/mol. The first kappa shape index (κ1) is 15.2. The summed E-state index contributed by atoms with van der Waals surface area (Å²) in [7, 11) is 0. The van der Waals surface area contributed by atoms with Gasteiger partial charge in [-0.2, -0.15) is 0 Å². The fourth-order valence-corrected chi connectivity index (χ4v) is 1.94. The van der Waals surface area contributed by atoms with Crippen molar-refractivity contribution in [1.82, 2.24) is 4.90 Å². The maximum absolute atomic E-state index is 8.80. The molecular weight excluding hydrogens is 202 g/mol. The molecule has 0 bridgehead atoms. The van der Waals surface area contributed by atoms with E-state index in [0.717, 1.165) is 25.8 Å². The normalized spacial score (nSPS) is 16.4. The van der Waals surface area contributed by atoms with Gasteiger partial charge in [0.2, 0.25) is 0 Å². The van der Waals surface area contributed by atoms with Crippen molar-refractivity contribution in [2.45, 2.75) is 65.5 Å². The number of nitrogens with two attached hydrogens (primary N) is 1. The van der Waals surface area contributed by atoms with Gasteiger partial charge in [-0.1, -0.05) is 32.3 Å². The van der Waals surface area contributed by atoms with Gasteiger partial charge in [-0.15, -0.1) is 0 Å². The SMILES string of the molecule is CCCCN(C(C)CC)C(CC)C(N)=NO. The minimum atomic E-state index is 0.0616. The lowest BCUT2D eigenvalue weighted by Crippen LogP contribution is -2.49. The number of unbranched alkanes of at least 4 members (excludes halogenated alkanes) is 1. The summed E-state index contributed by atoms with van der Waals surface area (Å²) in [6.07, 6.45) is 4.28. The lowest BCUT2D eigenvalue weighted by Gasteiger charge is -2.34. The molecule has 0 aliphatic carbocycles. The van der Waals surface area contributed by atoms with Gasteiger partial charge in [0.25, 0.3) is 0 Å². The van der Waals surface area contributed by atoms with E-state index in [2.05, 4.69) is 37.8 Å². The van der Waals surface area contributed by atoms with Gasteiger partial charge in [0.1, 0.15) is 0 Å². The number of nitrogens with zero attached hydrogens (tertiary/aromatic N) is 2. The van der Waals surface area contributed by atoms with Crippen LogP contribution in [-0.4, -0.2) is 34.6 Å². The Kier molecular flexibility index (Phi) is 7.99. The summed E-state index contributed by atoms with van der Waals surface area (Å²) in [5.74, 6) is 0.332. The minimum Gasteiger partial charge on any atom is -0.409 e. The molecule has 0 saturated carbocycles. The molecule has 16 heavy (non-hydrogen) atoms. The van der Waals surface area contributed by atoms with Crippen LogP contribution in [0.4, 0.5) is 0 Å². The molecule has 0 fully saturated rings. The quantitative estimate of drug-likeness (QED) is 0.291. The Morgan fingerprint density at radius 3 is 2.31 bits per heavy atom. The van der Waals surface area contributed by atoms with Crippen molar-refractivity contribution < 1.29 is 5.21 Å². The van der Waals surface area contributed by atoms with Crippen molar-refractivity contribution in [3.05, 3.63) is 0 Å². The van der Waals surface area contributed by atoms with Crippen molar-refractivity contribution in [2.75, 3.05) is 6.54 Å². The van der Waals surface area contributed by atoms with Crippen LogP contribution in [0.3, 0.4) is 0 Å². The highest BCUT2D eigenvalue weighted by Crippen LogP contribution is 2.13. The maximum atomic E-state index is 8.80. The fourth-order valence-electron chi connectivity index (χ4n) is 1.94. The lowest BCUT2D eigenvalue weighted by atomic mass is 10.1. The van der Waals surface area contributed by atoms with E-state index in [1.165, 1.54) is 6.42 Å². The van der Waals surface area contributed by atoms with Gasteiger partial charge in [-0.05, 0) is 32.7 Å². The Morgan fingerprint density at radius 2 is 1.94 bits per heavy atom. The Labute approximate surface area is 99.5 Å². The largest absolute Gasteiger partial charge is 0.409 e. The van der Waals surface area contributed by atoms with E-state index in [1.807, 2.05) is 0 Å². The number of rotatable bonds is 8. The summed E-state index contributed by atoms with van der Waals surface area (Å²) in [4.78, 5) is 2.35. The Balaban J connectivity index is 4.68. The van der Waals surface area contributed by atoms with Gasteiger partial charge in [0.05, 0.1) is 6.04 Å². The molecule has 4 nitrogen and oxygen atoms in total. The van der Waals surface area contributed by atoms with E-state index in [1.54, 1.807) is 0 Å². The Hall–Kier alpha value is -0.770. The van der Waals surface area contributed by atoms with E-state index in [4.69, 9.17) is 10.9 Å². The van der Waals surface area contributed by atoms with E-state index in [9.17, 15) is 0 Å². The molecule has 0 rings (SSSR count). The van der Waals surface area contributed by atoms with Crippen molar-refractivity contribution >= 4 is 5.84 Å². The van der Waals surface area contributed by atoms with E-state index < -0.39 is 0 Å². The standard InChI is InChI=1S/C12H27N3O/c1-5-8-9-15(10(4)6-2)11(7-3)12(13)14-16/h10-11,16H,5-9H2,1-4H3,(H2,13,14). The number of amidine groups is 1. The van der Waals surface area contributed by atoms with Crippen LogP contribution in [-0.2, 0) is 0 Å². The third kappa shape index (κ3) is 4.39. The molecule has 4 heteroatoms. The molecule has 0 heterocycles. The molecule has 0 saturated heterocycles. The van der Waals surface area contributed by atoms with Gasteiger partial charge >= 0.3 is 0 Å². The highest BCUT2D eigenvalue weighted by molar-refractivity contribution is 5.85. The first-order valence-electron chi connectivity index (χ1n) is 6.35. The molecule has 0 aliphatic heterocycles. The molecular formula is C12H27N3O. The molecule has 0 aromatic heterocycles. The molecule has 2 atom stereocenters. The summed E-state index contributed by atoms with van der Waals surface area (Å²) in [6.45, 7) is 9.63. The summed E-state index contributed by atoms with van der Waals surface area (Å²) < 4.78 is 0. The van der Waals surface area contributed by atoms with Crippen molar-refractivity contribution in [3.8, 4) is 0 Å². The van der Waals surface area contributed by atoms with Gasteiger partial charge in [-0.3, -0.25) is 4.90 Å². The van der Waals surface area contributed by atoms with Crippen LogP contribution in [0.25, 0.3) is 0 Å². The van der Waals surface area contributed by atoms with Gasteiger partial charge in [0, 0.05) is 6.04 Å². The highest BCUT2D eigenvalue weighted by atomic mass is 16.4. The molecule has 3 N–H and O–H groups in total. The van der Waals surface area contributed by atoms with Gasteiger partial charge < -0.3 is 10.9 Å². The first-order valence-corrected chi connectivity index (χ1v) is 6.35. The van der Waals surface area contributed by atoms with Crippen molar-refractivity contribution in [1.29, 1.82) is 0 Å². The van der Waals surface area contributed by atoms with Crippen LogP contribution < -0.4 is 5.73 Å². The minimum absolute atomic E-state index is 0.0616. The van der Waals surface area contributed by atoms with Crippen LogP contribution in [0.1, 0.15) is 53.4 Å². The second-order valence-corrected chi connectivity index (χ2v) is 4.30. The molecule has 0 aromatic carbocycles. The molecule has 96 valence electrons. The molecule has 0 spiro atoms. The number of hydrogen-bond acceptors (Lipinski definition) is 3. The summed E-state index contributed by atoms with van der Waals surface area (Å²) in [5, 5.41) is 12.0. The smallest absolute Gasteiger partial charge is 0.156 e. The summed E-state index contributed by atoms with van der Waals surface area (Å²) in [6, 6.07) is 0.531. The van der Waals surface area contributed by atoms with Crippen LogP contribution in [0.15, 0.2) is 5.16 Å². The van der Waals surface area contributed by atoms with Crippen LogP contribution in [0.5, 0.6) is 0 Å². The van der Waals surface area contributed by atoms with E-state index in [-0.39, 0.29) is 6.04 Å². The fraction of sp³-hybridized carbons (Fsp3) is 0.917. The zero-order valence-electron chi connectivity index (χ0n) is 11.1. The molecule has 0 radical (unpaired) electrons. The molecule has 0 aromatic rings. The monoisotopic (exact) mass is 229 g/mol. The average molecular weight is 229 g/mol. The molecule has 0 amide bonds. The highest BCUT2D eigenvalue weighted by Gasteiger charge is 2.24. The third-order valence-corrected chi connectivity index (χ3v) is 3.17. The molecule has 0 aliphatic rings.